The Kier molecular flexibility index (Phi) is 11.1. The Bertz CT molecular complexity index is 1440. The van der Waals surface area contributed by atoms with E-state index in [1.807, 2.05) is 12.1 Å². The van der Waals surface area contributed by atoms with Crippen molar-refractivity contribution in [2.45, 2.75) is 26.2 Å². The molecule has 4 aromatic rings. The molecule has 2 heterocycles. The molecule has 1 amide bonds. The van der Waals surface area contributed by atoms with Gasteiger partial charge >= 0.3 is 0 Å². The molecule has 0 radical (unpaired) electrons. The molecule has 10 nitrogen and oxygen atoms in total. The van der Waals surface area contributed by atoms with Gasteiger partial charge in [0, 0.05) is 35.2 Å². The van der Waals surface area contributed by atoms with E-state index in [0.29, 0.717) is 51.5 Å². The topological polar surface area (TPSA) is 122 Å². The molecule has 0 aliphatic heterocycles. The number of benzene rings is 2. The number of amides is 1. The largest absolute Gasteiger partial charge is 0.493 e. The second kappa shape index (κ2) is 15.1. The van der Waals surface area contributed by atoms with Gasteiger partial charge in [-0.05, 0) is 68.8 Å². The molecule has 0 atom stereocenters. The van der Waals surface area contributed by atoms with Crippen LogP contribution >= 0.6 is 11.6 Å². The van der Waals surface area contributed by atoms with Gasteiger partial charge in [-0.25, -0.2) is 15.0 Å². The summed E-state index contributed by atoms with van der Waals surface area (Å²) in [6.07, 6.45) is 5.78. The number of aromatic nitrogens is 3. The number of unbranched alkanes of at least 4 members (excludes halogenated alkanes) is 1. The van der Waals surface area contributed by atoms with Gasteiger partial charge in [-0.3, -0.25) is 4.79 Å². The number of hydrogen-bond acceptors (Lipinski definition) is 9. The third-order valence-electron chi connectivity index (χ3n) is 6.48. The minimum absolute atomic E-state index is 0.234. The number of aliphatic hydroxyl groups excluding tert-OH is 1. The second-order valence-electron chi connectivity index (χ2n) is 9.33. The van der Waals surface area contributed by atoms with Crippen molar-refractivity contribution in [3.8, 4) is 11.5 Å². The van der Waals surface area contributed by atoms with Gasteiger partial charge in [-0.2, -0.15) is 0 Å². The van der Waals surface area contributed by atoms with Crippen molar-refractivity contribution in [1.29, 1.82) is 0 Å². The summed E-state index contributed by atoms with van der Waals surface area (Å²) in [4.78, 5) is 28.0. The molecular weight excluding hydrogens is 544 g/mol. The fraction of sp³-hybridized carbons (Fsp3) is 0.333. The summed E-state index contributed by atoms with van der Waals surface area (Å²) in [6.45, 7) is 5.78. The molecule has 2 aromatic carbocycles. The van der Waals surface area contributed by atoms with Gasteiger partial charge in [0.1, 0.15) is 18.0 Å². The number of carbonyl (C=O) groups is 1. The first-order valence-electron chi connectivity index (χ1n) is 13.6. The van der Waals surface area contributed by atoms with E-state index in [9.17, 15) is 4.79 Å². The van der Waals surface area contributed by atoms with E-state index in [1.165, 1.54) is 6.33 Å². The monoisotopic (exact) mass is 578 g/mol. The van der Waals surface area contributed by atoms with E-state index in [0.717, 1.165) is 44.3 Å². The highest BCUT2D eigenvalue weighted by molar-refractivity contribution is 6.31. The number of aliphatic hydroxyl groups is 1. The van der Waals surface area contributed by atoms with Crippen LogP contribution in [-0.2, 0) is 0 Å². The molecule has 11 heteroatoms. The van der Waals surface area contributed by atoms with Crippen LogP contribution in [0, 0.1) is 0 Å². The fourth-order valence-corrected chi connectivity index (χ4v) is 4.47. The SMILES string of the molecule is CCN(CCCCO)CCCOc1cc2ncnc(Nc3ccc(NC(=O)c4cccc(Cl)c4)nc3)c2cc1OC. The molecule has 0 unspecified atom stereocenters. The summed E-state index contributed by atoms with van der Waals surface area (Å²) >= 11 is 5.98. The first-order valence-corrected chi connectivity index (χ1v) is 14.0. The number of rotatable bonds is 15. The Morgan fingerprint density at radius 3 is 2.61 bits per heavy atom. The molecule has 0 aliphatic rings. The van der Waals surface area contributed by atoms with E-state index in [4.69, 9.17) is 26.2 Å². The maximum Gasteiger partial charge on any atom is 0.256 e. The highest BCUT2D eigenvalue weighted by Crippen LogP contribution is 2.34. The van der Waals surface area contributed by atoms with Crippen LogP contribution in [0.25, 0.3) is 10.9 Å². The maximum atomic E-state index is 12.5. The summed E-state index contributed by atoms with van der Waals surface area (Å²) in [5.41, 5.74) is 1.84. The lowest BCUT2D eigenvalue weighted by Gasteiger charge is -2.20. The lowest BCUT2D eigenvalue weighted by atomic mass is 10.2. The van der Waals surface area contributed by atoms with Gasteiger partial charge in [0.05, 0.1) is 31.1 Å². The smallest absolute Gasteiger partial charge is 0.256 e. The Hall–Kier alpha value is -3.99. The predicted molar refractivity (Wildman–Crippen MR) is 162 cm³/mol. The van der Waals surface area contributed by atoms with E-state index in [2.05, 4.69) is 37.4 Å². The van der Waals surface area contributed by atoms with E-state index in [1.54, 1.807) is 49.7 Å². The van der Waals surface area contributed by atoms with Crippen molar-refractivity contribution in [3.05, 3.63) is 71.6 Å². The summed E-state index contributed by atoms with van der Waals surface area (Å²) in [5, 5.41) is 16.3. The van der Waals surface area contributed by atoms with Crippen molar-refractivity contribution < 1.29 is 19.4 Å². The Balaban J connectivity index is 1.39. The lowest BCUT2D eigenvalue weighted by molar-refractivity contribution is 0.102. The molecule has 0 bridgehead atoms. The molecule has 41 heavy (non-hydrogen) atoms. The van der Waals surface area contributed by atoms with Crippen molar-refractivity contribution in [1.82, 2.24) is 19.9 Å². The number of methoxy groups -OCH3 is 1. The van der Waals surface area contributed by atoms with Crippen LogP contribution in [0.4, 0.5) is 17.3 Å². The van der Waals surface area contributed by atoms with E-state index >= 15 is 0 Å². The van der Waals surface area contributed by atoms with Gasteiger partial charge in [0.2, 0.25) is 0 Å². The van der Waals surface area contributed by atoms with Crippen molar-refractivity contribution >= 4 is 45.7 Å². The Morgan fingerprint density at radius 2 is 1.88 bits per heavy atom. The Labute approximate surface area is 244 Å². The first-order chi connectivity index (χ1) is 20.0. The molecule has 0 aliphatic carbocycles. The summed E-state index contributed by atoms with van der Waals surface area (Å²) in [6, 6.07) is 13.9. The van der Waals surface area contributed by atoms with Crippen LogP contribution in [-0.4, -0.2) is 70.8 Å². The van der Waals surface area contributed by atoms with Crippen molar-refractivity contribution in [2.75, 3.05) is 50.6 Å². The van der Waals surface area contributed by atoms with Crippen molar-refractivity contribution in [2.24, 2.45) is 0 Å². The summed E-state index contributed by atoms with van der Waals surface area (Å²) < 4.78 is 11.7. The van der Waals surface area contributed by atoms with Gasteiger partial charge < -0.3 is 30.1 Å². The standard InChI is InChI=1S/C30H35ClN6O4/c1-3-37(12-4-5-14-38)13-7-15-41-27-18-25-24(17-26(27)40-2)29(34-20-33-25)35-23-10-11-28(32-19-23)36-30(39)21-8-6-9-22(31)16-21/h6,8-11,16-20,38H,3-5,7,12-15H2,1-2H3,(H,32,36,39)(H,33,34,35). The number of fused-ring (bicyclic) bond motifs is 1. The third kappa shape index (κ3) is 8.50. The van der Waals surface area contributed by atoms with Crippen LogP contribution in [0.1, 0.15) is 36.5 Å². The normalized spacial score (nSPS) is 11.0. The maximum absolute atomic E-state index is 12.5. The summed E-state index contributed by atoms with van der Waals surface area (Å²) in [5.74, 6) is 1.90. The van der Waals surface area contributed by atoms with Crippen LogP contribution < -0.4 is 20.1 Å². The average molecular weight is 579 g/mol. The fourth-order valence-electron chi connectivity index (χ4n) is 4.28. The zero-order valence-electron chi connectivity index (χ0n) is 23.3. The van der Waals surface area contributed by atoms with E-state index < -0.39 is 0 Å². The number of carbonyl (C=O) groups excluding carboxylic acids is 1. The summed E-state index contributed by atoms with van der Waals surface area (Å²) in [7, 11) is 1.60. The number of hydrogen-bond donors (Lipinski definition) is 3. The molecule has 0 saturated carbocycles. The molecule has 0 fully saturated rings. The molecule has 0 saturated heterocycles. The number of anilines is 3. The predicted octanol–water partition coefficient (Wildman–Crippen LogP) is 5.55. The Morgan fingerprint density at radius 1 is 1.02 bits per heavy atom. The lowest BCUT2D eigenvalue weighted by Crippen LogP contribution is -2.27. The van der Waals surface area contributed by atoms with Crippen LogP contribution in [0.2, 0.25) is 5.02 Å². The minimum Gasteiger partial charge on any atom is -0.493 e. The van der Waals surface area contributed by atoms with Gasteiger partial charge in [0.25, 0.3) is 5.91 Å². The number of halogens is 1. The number of nitrogens with one attached hydrogen (secondary N) is 2. The zero-order chi connectivity index (χ0) is 29.0. The highest BCUT2D eigenvalue weighted by Gasteiger charge is 2.13. The van der Waals surface area contributed by atoms with Crippen LogP contribution in [0.15, 0.2) is 61.1 Å². The first kappa shape index (κ1) is 30.0. The number of pyridine rings is 1. The third-order valence-corrected chi connectivity index (χ3v) is 6.72. The average Bonchev–Trinajstić information content (AvgIpc) is 2.99. The quantitative estimate of drug-likeness (QED) is 0.156. The van der Waals surface area contributed by atoms with E-state index in [-0.39, 0.29) is 12.5 Å². The minimum atomic E-state index is -0.298. The highest BCUT2D eigenvalue weighted by atomic mass is 35.5. The molecule has 3 N–H and O–H groups in total. The van der Waals surface area contributed by atoms with Crippen LogP contribution in [0.3, 0.4) is 0 Å². The van der Waals surface area contributed by atoms with Gasteiger partial charge in [0.15, 0.2) is 11.5 Å². The van der Waals surface area contributed by atoms with Gasteiger partial charge in [-0.1, -0.05) is 24.6 Å². The molecule has 4 rings (SSSR count). The second-order valence-corrected chi connectivity index (χ2v) is 9.77. The molecule has 0 spiro atoms. The van der Waals surface area contributed by atoms with Crippen molar-refractivity contribution in [3.63, 3.8) is 0 Å². The molecule has 216 valence electrons. The molecular formula is C30H35ClN6O4. The number of nitrogens with zero attached hydrogens (tertiary/aromatic N) is 4. The number of ether oxygens (including phenoxy) is 2. The van der Waals surface area contributed by atoms with Crippen LogP contribution in [0.5, 0.6) is 11.5 Å². The van der Waals surface area contributed by atoms with Gasteiger partial charge in [-0.15, -0.1) is 0 Å². The zero-order valence-corrected chi connectivity index (χ0v) is 24.0. The molecule has 2 aromatic heterocycles.